The second-order valence-corrected chi connectivity index (χ2v) is 4.41. The smallest absolute Gasteiger partial charge is 0.122 e. The Morgan fingerprint density at radius 1 is 1.60 bits per heavy atom. The minimum Gasteiger partial charge on any atom is -0.464 e. The van der Waals surface area contributed by atoms with Crippen LogP contribution >= 0.6 is 0 Å². The number of likely N-dealkylation sites (N-methyl/N-ethyl adjacent to an activating group) is 1. The van der Waals surface area contributed by atoms with Crippen LogP contribution in [0, 0.1) is 5.92 Å². The van der Waals surface area contributed by atoms with E-state index < -0.39 is 0 Å². The molecular weight excluding hydrogens is 188 g/mol. The van der Waals surface area contributed by atoms with Crippen LogP contribution in [-0.2, 0) is 0 Å². The van der Waals surface area contributed by atoms with Crippen LogP contribution in [0.1, 0.15) is 43.7 Å². The molecule has 3 nitrogen and oxygen atoms in total. The van der Waals surface area contributed by atoms with Gasteiger partial charge in [0.25, 0.3) is 0 Å². The van der Waals surface area contributed by atoms with Crippen LogP contribution in [0.25, 0.3) is 0 Å². The number of nitrogens with two attached hydrogens (primary N) is 1. The molecule has 0 aromatic carbocycles. The van der Waals surface area contributed by atoms with Gasteiger partial charge >= 0.3 is 0 Å². The van der Waals surface area contributed by atoms with Crippen molar-refractivity contribution in [1.29, 1.82) is 0 Å². The third-order valence-electron chi connectivity index (χ3n) is 3.15. The maximum atomic E-state index is 5.84. The molecule has 15 heavy (non-hydrogen) atoms. The molecule has 1 aliphatic carbocycles. The molecule has 3 unspecified atom stereocenters. The molecule has 1 heterocycles. The zero-order valence-electron chi connectivity index (χ0n) is 9.49. The fourth-order valence-electron chi connectivity index (χ4n) is 2.02. The molecule has 1 aromatic heterocycles. The lowest BCUT2D eigenvalue weighted by atomic mass is 10.2. The first-order valence-corrected chi connectivity index (χ1v) is 5.79. The second kappa shape index (κ2) is 4.37. The van der Waals surface area contributed by atoms with Gasteiger partial charge in [0.1, 0.15) is 11.5 Å². The van der Waals surface area contributed by atoms with Crippen molar-refractivity contribution in [3.05, 3.63) is 23.7 Å². The molecule has 0 aliphatic heterocycles. The summed E-state index contributed by atoms with van der Waals surface area (Å²) >= 11 is 0. The zero-order chi connectivity index (χ0) is 10.8. The van der Waals surface area contributed by atoms with Gasteiger partial charge in [-0.25, -0.2) is 0 Å². The van der Waals surface area contributed by atoms with Crippen LogP contribution in [0.4, 0.5) is 0 Å². The first-order valence-electron chi connectivity index (χ1n) is 5.79. The Morgan fingerprint density at radius 2 is 2.33 bits per heavy atom. The Kier molecular flexibility index (Phi) is 3.12. The van der Waals surface area contributed by atoms with Gasteiger partial charge in [-0.05, 0) is 31.0 Å². The van der Waals surface area contributed by atoms with E-state index in [0.29, 0.717) is 12.5 Å². The highest BCUT2D eigenvalue weighted by Gasteiger charge is 2.36. The molecule has 1 aliphatic rings. The Balaban J connectivity index is 2.04. The van der Waals surface area contributed by atoms with Crippen LogP contribution in [0.3, 0.4) is 0 Å². The first kappa shape index (κ1) is 10.7. The second-order valence-electron chi connectivity index (χ2n) is 4.41. The molecule has 0 amide bonds. The normalized spacial score (nSPS) is 26.6. The highest BCUT2D eigenvalue weighted by atomic mass is 16.3. The van der Waals surface area contributed by atoms with E-state index in [9.17, 15) is 0 Å². The van der Waals surface area contributed by atoms with Gasteiger partial charge in [0, 0.05) is 12.5 Å². The van der Waals surface area contributed by atoms with Crippen molar-refractivity contribution >= 4 is 0 Å². The molecule has 84 valence electrons. The topological polar surface area (TPSA) is 51.2 Å². The number of furan rings is 1. The van der Waals surface area contributed by atoms with Crippen molar-refractivity contribution in [3.8, 4) is 0 Å². The lowest BCUT2D eigenvalue weighted by Gasteiger charge is -2.12. The van der Waals surface area contributed by atoms with Crippen molar-refractivity contribution in [2.24, 2.45) is 11.7 Å². The van der Waals surface area contributed by atoms with E-state index in [-0.39, 0.29) is 6.04 Å². The van der Waals surface area contributed by atoms with Crippen molar-refractivity contribution in [1.82, 2.24) is 5.32 Å². The van der Waals surface area contributed by atoms with E-state index in [4.69, 9.17) is 10.2 Å². The molecule has 1 saturated carbocycles. The minimum absolute atomic E-state index is 0.165. The van der Waals surface area contributed by atoms with E-state index in [0.717, 1.165) is 24.0 Å². The lowest BCUT2D eigenvalue weighted by Crippen LogP contribution is -2.27. The van der Waals surface area contributed by atoms with Crippen LogP contribution in [0.15, 0.2) is 16.5 Å². The molecular formula is C12H20N2O. The van der Waals surface area contributed by atoms with E-state index in [1.165, 1.54) is 6.42 Å². The summed E-state index contributed by atoms with van der Waals surface area (Å²) in [5.41, 5.74) is 5.70. The summed E-state index contributed by atoms with van der Waals surface area (Å²) in [6.45, 7) is 5.84. The summed E-state index contributed by atoms with van der Waals surface area (Å²) in [7, 11) is 0. The quantitative estimate of drug-likeness (QED) is 0.778. The Labute approximate surface area is 91.0 Å². The zero-order valence-corrected chi connectivity index (χ0v) is 9.49. The van der Waals surface area contributed by atoms with E-state index >= 15 is 0 Å². The van der Waals surface area contributed by atoms with Crippen molar-refractivity contribution in [2.45, 2.75) is 32.2 Å². The Bertz CT molecular complexity index is 321. The van der Waals surface area contributed by atoms with Gasteiger partial charge in [0.15, 0.2) is 0 Å². The molecule has 0 saturated heterocycles. The number of hydrogen-bond donors (Lipinski definition) is 2. The molecule has 3 atom stereocenters. The Hall–Kier alpha value is -0.800. The average Bonchev–Trinajstić information content (AvgIpc) is 2.80. The molecule has 0 bridgehead atoms. The maximum absolute atomic E-state index is 5.84. The van der Waals surface area contributed by atoms with Crippen LogP contribution in [0.5, 0.6) is 0 Å². The summed E-state index contributed by atoms with van der Waals surface area (Å²) in [5, 5.41) is 3.31. The van der Waals surface area contributed by atoms with Crippen LogP contribution in [-0.4, -0.2) is 13.1 Å². The highest BCUT2D eigenvalue weighted by Crippen LogP contribution is 2.47. The summed E-state index contributed by atoms with van der Waals surface area (Å²) in [5.74, 6) is 3.56. The minimum atomic E-state index is 0.165. The van der Waals surface area contributed by atoms with Crippen molar-refractivity contribution < 1.29 is 4.42 Å². The molecule has 3 N–H and O–H groups in total. The van der Waals surface area contributed by atoms with Crippen molar-refractivity contribution in [3.63, 3.8) is 0 Å². The maximum Gasteiger partial charge on any atom is 0.122 e. The van der Waals surface area contributed by atoms with Gasteiger partial charge in [-0.2, -0.15) is 0 Å². The average molecular weight is 208 g/mol. The molecule has 1 aromatic rings. The molecule has 1 fully saturated rings. The van der Waals surface area contributed by atoms with Crippen LogP contribution < -0.4 is 11.1 Å². The highest BCUT2D eigenvalue weighted by molar-refractivity contribution is 5.19. The number of hydrogen-bond acceptors (Lipinski definition) is 3. The molecule has 0 radical (unpaired) electrons. The van der Waals surface area contributed by atoms with E-state index in [2.05, 4.69) is 31.3 Å². The molecule has 3 heteroatoms. The van der Waals surface area contributed by atoms with Crippen LogP contribution in [0.2, 0.25) is 0 Å². The van der Waals surface area contributed by atoms with Gasteiger partial charge in [-0.3, -0.25) is 0 Å². The fourth-order valence-corrected chi connectivity index (χ4v) is 2.02. The molecule has 0 spiro atoms. The predicted octanol–water partition coefficient (Wildman–Crippen LogP) is 2.01. The number of rotatable bonds is 5. The number of nitrogens with one attached hydrogen (secondary N) is 1. The van der Waals surface area contributed by atoms with Gasteiger partial charge in [0.05, 0.1) is 6.04 Å². The van der Waals surface area contributed by atoms with Crippen molar-refractivity contribution in [2.75, 3.05) is 13.1 Å². The fraction of sp³-hybridized carbons (Fsp3) is 0.667. The standard InChI is InChI=1S/C12H20N2O/c1-3-14-10(7-13)12-5-4-11(15-12)9-6-8(9)2/h4-5,8-10,14H,3,6-7,13H2,1-2H3. The largest absolute Gasteiger partial charge is 0.464 e. The summed E-state index contributed by atoms with van der Waals surface area (Å²) in [6, 6.07) is 4.32. The first-order chi connectivity index (χ1) is 7.26. The predicted molar refractivity (Wildman–Crippen MR) is 60.7 cm³/mol. The summed E-state index contributed by atoms with van der Waals surface area (Å²) in [4.78, 5) is 0. The van der Waals surface area contributed by atoms with Gasteiger partial charge in [0.2, 0.25) is 0 Å². The third-order valence-corrected chi connectivity index (χ3v) is 3.15. The van der Waals surface area contributed by atoms with Gasteiger partial charge < -0.3 is 15.5 Å². The summed E-state index contributed by atoms with van der Waals surface area (Å²) in [6.07, 6.45) is 1.27. The monoisotopic (exact) mass is 208 g/mol. The lowest BCUT2D eigenvalue weighted by molar-refractivity contribution is 0.398. The third kappa shape index (κ3) is 2.24. The van der Waals surface area contributed by atoms with Gasteiger partial charge in [-0.1, -0.05) is 13.8 Å². The molecule has 2 rings (SSSR count). The SMILES string of the molecule is CCNC(CN)c1ccc(C2CC2C)o1. The summed E-state index contributed by atoms with van der Waals surface area (Å²) < 4.78 is 5.84. The Morgan fingerprint density at radius 3 is 2.87 bits per heavy atom. The van der Waals surface area contributed by atoms with E-state index in [1.54, 1.807) is 0 Å². The van der Waals surface area contributed by atoms with E-state index in [1.807, 2.05) is 0 Å². The van der Waals surface area contributed by atoms with Gasteiger partial charge in [-0.15, -0.1) is 0 Å².